The zero-order valence-corrected chi connectivity index (χ0v) is 6.52. The molecule has 0 N–H and O–H groups in total. The third kappa shape index (κ3) is 1.47. The van der Waals surface area contributed by atoms with Crippen LogP contribution in [0, 0.1) is 5.92 Å². The van der Waals surface area contributed by atoms with Crippen molar-refractivity contribution in [3.05, 3.63) is 12.2 Å². The number of hydrogen-bond donors (Lipinski definition) is 0. The molecule has 1 heteroatoms. The first-order valence-electron chi connectivity index (χ1n) is 3.94. The molecule has 0 aromatic carbocycles. The Morgan fingerprint density at radius 1 is 1.50 bits per heavy atom. The molecule has 1 aliphatic rings. The average Bonchev–Trinajstić information content (AvgIpc) is 2.04. The van der Waals surface area contributed by atoms with Crippen LogP contribution in [0.1, 0.15) is 32.6 Å². The molecule has 1 rings (SSSR count). The molecule has 0 aromatic rings. The maximum absolute atomic E-state index is 11.1. The predicted octanol–water partition coefficient (Wildman–Crippen LogP) is 2.32. The van der Waals surface area contributed by atoms with Gasteiger partial charge in [-0.1, -0.05) is 19.9 Å². The van der Waals surface area contributed by atoms with Gasteiger partial charge in [-0.05, 0) is 24.3 Å². The van der Waals surface area contributed by atoms with Crippen LogP contribution in [-0.4, -0.2) is 5.78 Å². The molecule has 0 heterocycles. The maximum atomic E-state index is 11.1. The van der Waals surface area contributed by atoms with Crippen molar-refractivity contribution in [2.45, 2.75) is 32.6 Å². The molecule has 10 heavy (non-hydrogen) atoms. The summed E-state index contributed by atoms with van der Waals surface area (Å²) >= 11 is 0. The van der Waals surface area contributed by atoms with Crippen LogP contribution in [0.4, 0.5) is 0 Å². The van der Waals surface area contributed by atoms with E-state index in [1.165, 1.54) is 6.42 Å². The lowest BCUT2D eigenvalue weighted by molar-refractivity contribution is -0.115. The zero-order chi connectivity index (χ0) is 7.56. The molecular formula is C9H14O. The minimum absolute atomic E-state index is 0.282. The zero-order valence-electron chi connectivity index (χ0n) is 6.52. The van der Waals surface area contributed by atoms with Crippen molar-refractivity contribution in [1.29, 1.82) is 0 Å². The van der Waals surface area contributed by atoms with Gasteiger partial charge in [0.15, 0.2) is 5.78 Å². The molecule has 0 aromatic heterocycles. The fourth-order valence-corrected chi connectivity index (χ4v) is 1.35. The van der Waals surface area contributed by atoms with E-state index >= 15 is 0 Å². The predicted molar refractivity (Wildman–Crippen MR) is 41.8 cm³/mol. The van der Waals surface area contributed by atoms with E-state index in [1.807, 2.05) is 0 Å². The van der Waals surface area contributed by atoms with E-state index in [0.29, 0.717) is 5.92 Å². The van der Waals surface area contributed by atoms with Gasteiger partial charge in [0.1, 0.15) is 0 Å². The molecule has 0 radical (unpaired) electrons. The summed E-state index contributed by atoms with van der Waals surface area (Å²) in [7, 11) is 0. The summed E-state index contributed by atoms with van der Waals surface area (Å²) in [6, 6.07) is 0. The Balaban J connectivity index is 2.64. The van der Waals surface area contributed by atoms with Crippen LogP contribution in [0.25, 0.3) is 0 Å². The van der Waals surface area contributed by atoms with Gasteiger partial charge in [0, 0.05) is 6.42 Å². The van der Waals surface area contributed by atoms with Gasteiger partial charge in [0.05, 0.1) is 0 Å². The lowest BCUT2D eigenvalue weighted by Gasteiger charge is -2.06. The van der Waals surface area contributed by atoms with Gasteiger partial charge < -0.3 is 0 Å². The first-order valence-corrected chi connectivity index (χ1v) is 3.94. The van der Waals surface area contributed by atoms with Gasteiger partial charge in [0.2, 0.25) is 0 Å². The van der Waals surface area contributed by atoms with Crippen LogP contribution in [0.5, 0.6) is 0 Å². The number of carbonyl (C=O) groups excluding carboxylic acids is 1. The number of Topliss-reactive ketones (excluding diaryl/α,β-unsaturated/α-hetero) is 1. The quantitative estimate of drug-likeness (QED) is 0.371. The van der Waals surface area contributed by atoms with Gasteiger partial charge in [-0.2, -0.15) is 0 Å². The molecule has 0 bridgehead atoms. The lowest BCUT2D eigenvalue weighted by atomic mass is 9.97. The van der Waals surface area contributed by atoms with Crippen molar-refractivity contribution in [3.63, 3.8) is 0 Å². The van der Waals surface area contributed by atoms with E-state index in [1.54, 1.807) is 0 Å². The number of hydrogen-bond acceptors (Lipinski definition) is 1. The third-order valence-electron chi connectivity index (χ3n) is 2.24. The topological polar surface area (TPSA) is 17.1 Å². The van der Waals surface area contributed by atoms with Gasteiger partial charge in [-0.3, -0.25) is 4.79 Å². The van der Waals surface area contributed by atoms with Crippen molar-refractivity contribution in [2.75, 3.05) is 0 Å². The minimum atomic E-state index is 0.282. The summed E-state index contributed by atoms with van der Waals surface area (Å²) in [5, 5.41) is 0. The fraction of sp³-hybridized carbons (Fsp3) is 0.667. The summed E-state index contributed by atoms with van der Waals surface area (Å²) in [6.07, 6.45) is 4.11. The number of ketones is 1. The molecule has 1 saturated carbocycles. The van der Waals surface area contributed by atoms with Gasteiger partial charge in [0.25, 0.3) is 0 Å². The molecular weight excluding hydrogens is 124 g/mol. The van der Waals surface area contributed by atoms with E-state index in [4.69, 9.17) is 0 Å². The van der Waals surface area contributed by atoms with Gasteiger partial charge in [-0.25, -0.2) is 0 Å². The largest absolute Gasteiger partial charge is 0.295 e. The molecule has 0 aliphatic heterocycles. The molecule has 0 unspecified atom stereocenters. The summed E-state index contributed by atoms with van der Waals surface area (Å²) in [6.45, 7) is 5.88. The smallest absolute Gasteiger partial charge is 0.158 e. The van der Waals surface area contributed by atoms with Crippen molar-refractivity contribution in [1.82, 2.24) is 0 Å². The Morgan fingerprint density at radius 2 is 2.20 bits per heavy atom. The summed E-state index contributed by atoms with van der Waals surface area (Å²) in [4.78, 5) is 11.1. The maximum Gasteiger partial charge on any atom is 0.158 e. The summed E-state index contributed by atoms with van der Waals surface area (Å²) in [5.41, 5.74) is 0.845. The van der Waals surface area contributed by atoms with Crippen LogP contribution >= 0.6 is 0 Å². The molecule has 56 valence electrons. The van der Waals surface area contributed by atoms with E-state index in [-0.39, 0.29) is 5.78 Å². The monoisotopic (exact) mass is 138 g/mol. The standard InChI is InChI=1S/C9H14O/c1-7-5-3-4-6-9(10)8(7)2/h7H,2-6H2,1H3/t7-/m1/s1. The number of rotatable bonds is 0. The molecule has 1 fully saturated rings. The highest BCUT2D eigenvalue weighted by atomic mass is 16.1. The van der Waals surface area contributed by atoms with Gasteiger partial charge >= 0.3 is 0 Å². The van der Waals surface area contributed by atoms with Crippen LogP contribution in [0.15, 0.2) is 12.2 Å². The second kappa shape index (κ2) is 3.00. The highest BCUT2D eigenvalue weighted by Gasteiger charge is 2.17. The Morgan fingerprint density at radius 3 is 2.90 bits per heavy atom. The van der Waals surface area contributed by atoms with Crippen LogP contribution < -0.4 is 0 Å². The molecule has 0 spiro atoms. The van der Waals surface area contributed by atoms with E-state index in [9.17, 15) is 4.79 Å². The van der Waals surface area contributed by atoms with E-state index < -0.39 is 0 Å². The first-order chi connectivity index (χ1) is 4.72. The fourth-order valence-electron chi connectivity index (χ4n) is 1.35. The average molecular weight is 138 g/mol. The highest BCUT2D eigenvalue weighted by Crippen LogP contribution is 2.23. The van der Waals surface area contributed by atoms with Crippen LogP contribution in [0.3, 0.4) is 0 Å². The molecule has 0 saturated heterocycles. The second-order valence-electron chi connectivity index (χ2n) is 3.10. The second-order valence-corrected chi connectivity index (χ2v) is 3.10. The highest BCUT2D eigenvalue weighted by molar-refractivity contribution is 5.95. The van der Waals surface area contributed by atoms with Gasteiger partial charge in [-0.15, -0.1) is 0 Å². The van der Waals surface area contributed by atoms with Crippen LogP contribution in [-0.2, 0) is 4.79 Å². The molecule has 1 atom stereocenters. The van der Waals surface area contributed by atoms with E-state index in [2.05, 4.69) is 13.5 Å². The van der Waals surface area contributed by atoms with Crippen molar-refractivity contribution < 1.29 is 4.79 Å². The number of allylic oxidation sites excluding steroid dienone is 1. The van der Waals surface area contributed by atoms with E-state index in [0.717, 1.165) is 24.8 Å². The SMILES string of the molecule is C=C1C(=O)CCCC[C@H]1C. The van der Waals surface area contributed by atoms with Crippen molar-refractivity contribution >= 4 is 5.78 Å². The Hall–Kier alpha value is -0.590. The summed E-state index contributed by atoms with van der Waals surface area (Å²) in [5.74, 6) is 0.708. The first kappa shape index (κ1) is 7.52. The molecule has 0 amide bonds. The van der Waals surface area contributed by atoms with Crippen molar-refractivity contribution in [3.8, 4) is 0 Å². The lowest BCUT2D eigenvalue weighted by Crippen LogP contribution is -2.05. The Labute approximate surface area is 62.1 Å². The number of carbonyl (C=O) groups is 1. The van der Waals surface area contributed by atoms with Crippen molar-refractivity contribution in [2.24, 2.45) is 5.92 Å². The Kier molecular flexibility index (Phi) is 2.25. The normalized spacial score (nSPS) is 28.3. The minimum Gasteiger partial charge on any atom is -0.295 e. The molecule has 1 aliphatic carbocycles. The Bertz CT molecular complexity index is 158. The molecule has 1 nitrogen and oxygen atoms in total. The third-order valence-corrected chi connectivity index (χ3v) is 2.24. The summed E-state index contributed by atoms with van der Waals surface area (Å²) < 4.78 is 0. The van der Waals surface area contributed by atoms with Crippen LogP contribution in [0.2, 0.25) is 0 Å².